The molecule has 0 saturated heterocycles. The predicted octanol–water partition coefficient (Wildman–Crippen LogP) is 15.1. The van der Waals surface area contributed by atoms with Gasteiger partial charge in [-0.3, -0.25) is 9.98 Å². The largest absolute Gasteiger partial charge is 0.287 e. The summed E-state index contributed by atoms with van der Waals surface area (Å²) in [5.74, 6) is 0. The summed E-state index contributed by atoms with van der Waals surface area (Å²) in [6.45, 7) is 0.539. The normalized spacial score (nSPS) is 13.5. The molecule has 0 unspecified atom stereocenters. The number of aromatic nitrogens is 1. The number of benzene rings is 8. The van der Waals surface area contributed by atoms with Crippen LogP contribution in [0.3, 0.4) is 0 Å². The van der Waals surface area contributed by atoms with Gasteiger partial charge >= 0.3 is 0 Å². The number of allylic oxidation sites excluding steroid dienone is 3. The highest BCUT2D eigenvalue weighted by molar-refractivity contribution is 7.20. The lowest BCUT2D eigenvalue weighted by molar-refractivity contribution is 0.993. The number of hydrogen-bond donors (Lipinski definition) is 0. The van der Waals surface area contributed by atoms with Crippen LogP contribution in [-0.2, 0) is 6.54 Å². The average molecular weight is 745 g/mol. The van der Waals surface area contributed by atoms with Gasteiger partial charge in [0.1, 0.15) is 0 Å². The molecule has 268 valence electrons. The van der Waals surface area contributed by atoms with Gasteiger partial charge in [0.05, 0.1) is 17.9 Å². The third kappa shape index (κ3) is 5.70. The lowest BCUT2D eigenvalue weighted by Gasteiger charge is -2.15. The molecule has 0 bridgehead atoms. The van der Waals surface area contributed by atoms with E-state index in [1.165, 1.54) is 86.2 Å². The Labute approximate surface area is 335 Å². The summed E-state index contributed by atoms with van der Waals surface area (Å²) in [7, 11) is 0. The summed E-state index contributed by atoms with van der Waals surface area (Å²) in [4.78, 5) is 12.4. The van der Waals surface area contributed by atoms with Gasteiger partial charge in [-0.05, 0) is 78.3 Å². The first kappa shape index (κ1) is 33.4. The first-order valence-electron chi connectivity index (χ1n) is 19.6. The summed E-state index contributed by atoms with van der Waals surface area (Å²) >= 11 is 1.91. The Kier molecular flexibility index (Phi) is 8.19. The van der Waals surface area contributed by atoms with E-state index in [1.807, 2.05) is 23.6 Å². The van der Waals surface area contributed by atoms with Crippen molar-refractivity contribution in [2.75, 3.05) is 0 Å². The molecule has 10 aromatic rings. The van der Waals surface area contributed by atoms with Crippen molar-refractivity contribution in [3.63, 3.8) is 0 Å². The quantitative estimate of drug-likeness (QED) is 0.161. The average Bonchev–Trinajstić information content (AvgIpc) is 3.67. The first-order valence-corrected chi connectivity index (χ1v) is 20.4. The van der Waals surface area contributed by atoms with Gasteiger partial charge in [-0.25, -0.2) is 0 Å². The van der Waals surface area contributed by atoms with Gasteiger partial charge < -0.3 is 0 Å². The van der Waals surface area contributed by atoms with Crippen LogP contribution in [0.4, 0.5) is 0 Å². The van der Waals surface area contributed by atoms with E-state index in [4.69, 9.17) is 4.98 Å². The molecule has 8 aromatic carbocycles. The molecule has 0 radical (unpaired) electrons. The summed E-state index contributed by atoms with van der Waals surface area (Å²) < 4.78 is 0. The van der Waals surface area contributed by atoms with Gasteiger partial charge in [-0.2, -0.15) is 0 Å². The van der Waals surface area contributed by atoms with Crippen LogP contribution in [0.15, 0.2) is 187 Å². The van der Waals surface area contributed by atoms with Crippen molar-refractivity contribution in [1.29, 1.82) is 0 Å². The predicted molar refractivity (Wildman–Crippen MR) is 245 cm³/mol. The molecule has 0 fully saturated rings. The number of pyridine rings is 1. The van der Waals surface area contributed by atoms with Crippen LogP contribution in [0.5, 0.6) is 0 Å². The van der Waals surface area contributed by atoms with Gasteiger partial charge in [-0.1, -0.05) is 176 Å². The van der Waals surface area contributed by atoms with E-state index in [-0.39, 0.29) is 0 Å². The second-order valence-electron chi connectivity index (χ2n) is 14.7. The number of fused-ring (bicyclic) bond motifs is 2. The number of nitrogens with zero attached hydrogens (tertiary/aromatic N) is 2. The fourth-order valence-electron chi connectivity index (χ4n) is 8.78. The molecule has 1 aliphatic heterocycles. The molecule has 11 rings (SSSR count). The number of hydrogen-bond acceptors (Lipinski definition) is 3. The highest BCUT2D eigenvalue weighted by atomic mass is 32.1. The van der Waals surface area contributed by atoms with Crippen molar-refractivity contribution in [1.82, 2.24) is 4.98 Å². The fraction of sp³-hybridized carbons (Fsp3) is 0.0370. The van der Waals surface area contributed by atoms with E-state index in [1.54, 1.807) is 0 Å². The SMILES string of the molecule is C1=CC/C=C\c2ccc(-c3ccc(-c4sc(-c5ccc6ccc7cccc8ccc5c6c78)c(-c5ccccc5)c4-c4ccccc4)c4ccccc34)nc2CN=C1. The molecule has 2 aromatic heterocycles. The maximum absolute atomic E-state index is 5.25. The molecule has 3 heteroatoms. The fourth-order valence-corrected chi connectivity index (χ4v) is 10.2. The van der Waals surface area contributed by atoms with Crippen molar-refractivity contribution < 1.29 is 0 Å². The highest BCUT2D eigenvalue weighted by Gasteiger charge is 2.26. The molecule has 0 atom stereocenters. The van der Waals surface area contributed by atoms with Crippen LogP contribution in [0, 0.1) is 0 Å². The van der Waals surface area contributed by atoms with Crippen molar-refractivity contribution in [3.8, 4) is 54.4 Å². The number of thiophene rings is 1. The molecule has 0 spiro atoms. The van der Waals surface area contributed by atoms with Gasteiger partial charge in [0, 0.05) is 43.8 Å². The zero-order chi connectivity index (χ0) is 37.7. The van der Waals surface area contributed by atoms with Crippen molar-refractivity contribution in [2.45, 2.75) is 13.0 Å². The summed E-state index contributed by atoms with van der Waals surface area (Å²) in [5, 5.41) is 10.2. The van der Waals surface area contributed by atoms with Crippen LogP contribution < -0.4 is 0 Å². The molecule has 0 amide bonds. The Morgan fingerprint density at radius 1 is 0.456 bits per heavy atom. The number of rotatable bonds is 5. The standard InChI is InChI=1S/C54H36N2S/c1-2-12-33-55-34-48-35(14-5-1)27-32-47(56-48)43-30-31-45(42-22-11-10-21-41(42)43)53-51(36-15-6-3-7-16-36)52(37-17-8-4-9-18-37)54(57-53)46-29-26-40-24-23-38-19-13-20-39-25-28-44(46)50(40)49(38)39/h2-33H,1,34H2/b12-2?,14-5-,55-33?. The topological polar surface area (TPSA) is 25.2 Å². The van der Waals surface area contributed by atoms with Crippen LogP contribution in [0.2, 0.25) is 0 Å². The second-order valence-corrected chi connectivity index (χ2v) is 15.7. The molecule has 57 heavy (non-hydrogen) atoms. The molecule has 0 N–H and O–H groups in total. The van der Waals surface area contributed by atoms with Crippen molar-refractivity contribution in [2.24, 2.45) is 4.99 Å². The minimum atomic E-state index is 0.539. The van der Waals surface area contributed by atoms with Gasteiger partial charge in [0.25, 0.3) is 0 Å². The third-order valence-corrected chi connectivity index (χ3v) is 12.7. The molecular formula is C54H36N2S. The van der Waals surface area contributed by atoms with Crippen LogP contribution >= 0.6 is 11.3 Å². The monoisotopic (exact) mass is 744 g/mol. The molecule has 3 heterocycles. The van der Waals surface area contributed by atoms with E-state index < -0.39 is 0 Å². The minimum absolute atomic E-state index is 0.539. The Morgan fingerprint density at radius 3 is 1.79 bits per heavy atom. The van der Waals surface area contributed by atoms with Crippen LogP contribution in [-0.4, -0.2) is 11.2 Å². The first-order chi connectivity index (χ1) is 28.3. The molecule has 0 saturated carbocycles. The zero-order valence-corrected chi connectivity index (χ0v) is 32.0. The molecule has 2 nitrogen and oxygen atoms in total. The van der Waals surface area contributed by atoms with E-state index in [0.717, 1.165) is 28.9 Å². The van der Waals surface area contributed by atoms with Gasteiger partial charge in [0.2, 0.25) is 0 Å². The van der Waals surface area contributed by atoms with Gasteiger partial charge in [-0.15, -0.1) is 11.3 Å². The molecular weight excluding hydrogens is 709 g/mol. The maximum Gasteiger partial charge on any atom is 0.0818 e. The van der Waals surface area contributed by atoms with E-state index in [9.17, 15) is 0 Å². The Bertz CT molecular complexity index is 3210. The summed E-state index contributed by atoms with van der Waals surface area (Å²) in [6, 6.07) is 60.2. The molecule has 0 aliphatic carbocycles. The summed E-state index contributed by atoms with van der Waals surface area (Å²) in [6.07, 6.45) is 11.2. The Balaban J connectivity index is 1.18. The maximum atomic E-state index is 5.25. The van der Waals surface area contributed by atoms with E-state index in [0.29, 0.717) is 6.54 Å². The van der Waals surface area contributed by atoms with Crippen LogP contribution in [0.25, 0.3) is 104 Å². The Hall–Kier alpha value is -6.94. The van der Waals surface area contributed by atoms with Crippen LogP contribution in [0.1, 0.15) is 17.7 Å². The zero-order valence-electron chi connectivity index (χ0n) is 31.2. The van der Waals surface area contributed by atoms with Gasteiger partial charge in [0.15, 0.2) is 0 Å². The second kappa shape index (κ2) is 14.0. The lowest BCUT2D eigenvalue weighted by atomic mass is 9.87. The highest BCUT2D eigenvalue weighted by Crippen LogP contribution is 2.55. The van der Waals surface area contributed by atoms with E-state index >= 15 is 0 Å². The third-order valence-electron chi connectivity index (χ3n) is 11.4. The summed E-state index contributed by atoms with van der Waals surface area (Å²) in [5.41, 5.74) is 11.6. The minimum Gasteiger partial charge on any atom is -0.287 e. The lowest BCUT2D eigenvalue weighted by Crippen LogP contribution is -1.97. The molecule has 1 aliphatic rings. The van der Waals surface area contributed by atoms with Crippen molar-refractivity contribution in [3.05, 3.63) is 193 Å². The van der Waals surface area contributed by atoms with E-state index in [2.05, 4.69) is 187 Å². The van der Waals surface area contributed by atoms with Crippen molar-refractivity contribution >= 4 is 66.7 Å². The number of aliphatic imine (C=N–C) groups is 1. The smallest absolute Gasteiger partial charge is 0.0818 e. The Morgan fingerprint density at radius 2 is 1.05 bits per heavy atom.